The van der Waals surface area contributed by atoms with Gasteiger partial charge in [0.2, 0.25) is 0 Å². The van der Waals surface area contributed by atoms with Crippen LogP contribution in [-0.2, 0) is 0 Å². The highest BCUT2D eigenvalue weighted by Gasteiger charge is 2.13. The van der Waals surface area contributed by atoms with Crippen LogP contribution in [0.2, 0.25) is 0 Å². The maximum Gasteiger partial charge on any atom is 0.0900 e. The second kappa shape index (κ2) is 5.21. The molecule has 0 saturated carbocycles. The van der Waals surface area contributed by atoms with Crippen molar-refractivity contribution in [2.24, 2.45) is 0 Å². The van der Waals surface area contributed by atoms with Crippen LogP contribution in [0.15, 0.2) is 36.5 Å². The molecule has 0 bridgehead atoms. The minimum Gasteiger partial charge on any atom is -0.377 e. The Hall–Kier alpha value is -1.94. The van der Waals surface area contributed by atoms with E-state index in [0.717, 1.165) is 27.3 Å². The van der Waals surface area contributed by atoms with Crippen molar-refractivity contribution in [3.8, 4) is 0 Å². The van der Waals surface area contributed by atoms with E-state index in [1.165, 1.54) is 4.88 Å². The Morgan fingerprint density at radius 3 is 2.70 bits per heavy atom. The third-order valence-electron chi connectivity index (χ3n) is 3.35. The van der Waals surface area contributed by atoms with E-state index in [9.17, 15) is 0 Å². The first-order valence-corrected chi connectivity index (χ1v) is 7.51. The normalized spacial score (nSPS) is 12.6. The standard InChI is InChI=1S/C16H17N3S/c1-10-16(20-12(3)18-10)11(2)19-15-8-9-17-14-7-5-4-6-13(14)15/h4-9,11H,1-3H3,(H,17,19). The van der Waals surface area contributed by atoms with Crippen molar-refractivity contribution in [2.75, 3.05) is 5.32 Å². The van der Waals surface area contributed by atoms with Gasteiger partial charge in [-0.25, -0.2) is 4.98 Å². The lowest BCUT2D eigenvalue weighted by molar-refractivity contribution is 0.891. The van der Waals surface area contributed by atoms with E-state index in [4.69, 9.17) is 0 Å². The summed E-state index contributed by atoms with van der Waals surface area (Å²) in [5.74, 6) is 0. The van der Waals surface area contributed by atoms with Gasteiger partial charge in [0.05, 0.1) is 22.3 Å². The molecule has 0 fully saturated rings. The largest absolute Gasteiger partial charge is 0.377 e. The minimum atomic E-state index is 0.243. The van der Waals surface area contributed by atoms with Crippen molar-refractivity contribution in [3.63, 3.8) is 0 Å². The molecule has 0 aliphatic carbocycles. The SMILES string of the molecule is Cc1nc(C)c(C(C)Nc2ccnc3ccccc23)s1. The van der Waals surface area contributed by atoms with Crippen molar-refractivity contribution in [3.05, 3.63) is 52.1 Å². The first-order valence-electron chi connectivity index (χ1n) is 6.69. The number of thiazole rings is 1. The molecule has 0 spiro atoms. The topological polar surface area (TPSA) is 37.8 Å². The Morgan fingerprint density at radius 2 is 1.95 bits per heavy atom. The minimum absolute atomic E-state index is 0.243. The molecule has 1 unspecified atom stereocenters. The summed E-state index contributed by atoms with van der Waals surface area (Å²) >= 11 is 1.76. The van der Waals surface area contributed by atoms with Gasteiger partial charge >= 0.3 is 0 Å². The van der Waals surface area contributed by atoms with E-state index in [0.29, 0.717) is 0 Å². The van der Waals surface area contributed by atoms with E-state index in [1.807, 2.05) is 30.5 Å². The highest BCUT2D eigenvalue weighted by molar-refractivity contribution is 7.11. The summed E-state index contributed by atoms with van der Waals surface area (Å²) in [6.45, 7) is 6.30. The number of pyridine rings is 1. The first-order chi connectivity index (χ1) is 9.65. The molecule has 2 heterocycles. The van der Waals surface area contributed by atoms with Crippen molar-refractivity contribution >= 4 is 27.9 Å². The van der Waals surface area contributed by atoms with E-state index >= 15 is 0 Å². The summed E-state index contributed by atoms with van der Waals surface area (Å²) in [6, 6.07) is 10.5. The van der Waals surface area contributed by atoms with Gasteiger partial charge in [0, 0.05) is 22.1 Å². The Labute approximate surface area is 122 Å². The van der Waals surface area contributed by atoms with Crippen molar-refractivity contribution < 1.29 is 0 Å². The third-order valence-corrected chi connectivity index (χ3v) is 4.61. The Bertz CT molecular complexity index is 743. The summed E-state index contributed by atoms with van der Waals surface area (Å²) in [4.78, 5) is 10.2. The number of benzene rings is 1. The number of hydrogen-bond acceptors (Lipinski definition) is 4. The highest BCUT2D eigenvalue weighted by Crippen LogP contribution is 2.30. The van der Waals surface area contributed by atoms with Gasteiger partial charge in [0.25, 0.3) is 0 Å². The monoisotopic (exact) mass is 283 g/mol. The summed E-state index contributed by atoms with van der Waals surface area (Å²) in [5.41, 5.74) is 3.25. The third kappa shape index (κ3) is 2.39. The van der Waals surface area contributed by atoms with Gasteiger partial charge in [0.1, 0.15) is 0 Å². The van der Waals surface area contributed by atoms with Crippen LogP contribution in [-0.4, -0.2) is 9.97 Å². The number of aromatic nitrogens is 2. The number of nitrogens with one attached hydrogen (secondary N) is 1. The maximum atomic E-state index is 4.50. The molecule has 0 radical (unpaired) electrons. The molecule has 3 nitrogen and oxygen atoms in total. The molecular formula is C16H17N3S. The summed E-state index contributed by atoms with van der Waals surface area (Å²) in [5, 5.41) is 5.86. The number of rotatable bonds is 3. The zero-order valence-electron chi connectivity index (χ0n) is 11.8. The fraction of sp³-hybridized carbons (Fsp3) is 0.250. The first kappa shape index (κ1) is 13.1. The maximum absolute atomic E-state index is 4.50. The molecule has 0 aliphatic rings. The zero-order chi connectivity index (χ0) is 14.1. The van der Waals surface area contributed by atoms with E-state index < -0.39 is 0 Å². The van der Waals surface area contributed by atoms with Crippen molar-refractivity contribution in [1.82, 2.24) is 9.97 Å². The van der Waals surface area contributed by atoms with Gasteiger partial charge in [-0.2, -0.15) is 0 Å². The van der Waals surface area contributed by atoms with Crippen LogP contribution in [0.25, 0.3) is 10.9 Å². The van der Waals surface area contributed by atoms with Gasteiger partial charge < -0.3 is 5.32 Å². The Balaban J connectivity index is 1.95. The molecule has 4 heteroatoms. The molecule has 0 amide bonds. The molecule has 1 N–H and O–H groups in total. The molecule has 0 aliphatic heterocycles. The van der Waals surface area contributed by atoms with Gasteiger partial charge in [-0.05, 0) is 32.9 Å². The fourth-order valence-corrected chi connectivity index (χ4v) is 3.40. The van der Waals surface area contributed by atoms with Crippen LogP contribution in [0.1, 0.15) is 28.5 Å². The molecule has 0 saturated heterocycles. The van der Waals surface area contributed by atoms with Gasteiger partial charge in [0.15, 0.2) is 0 Å². The number of hydrogen-bond donors (Lipinski definition) is 1. The number of fused-ring (bicyclic) bond motifs is 1. The molecular weight excluding hydrogens is 266 g/mol. The molecule has 102 valence electrons. The molecule has 3 rings (SSSR count). The summed E-state index contributed by atoms with van der Waals surface area (Å²) in [7, 11) is 0. The Kier molecular flexibility index (Phi) is 3.40. The van der Waals surface area contributed by atoms with Crippen LogP contribution in [0, 0.1) is 13.8 Å². The van der Waals surface area contributed by atoms with Crippen LogP contribution >= 0.6 is 11.3 Å². The lowest BCUT2D eigenvalue weighted by Crippen LogP contribution is -2.06. The predicted molar refractivity (Wildman–Crippen MR) is 85.4 cm³/mol. The van der Waals surface area contributed by atoms with Gasteiger partial charge in [-0.3, -0.25) is 4.98 Å². The van der Waals surface area contributed by atoms with Crippen LogP contribution in [0.5, 0.6) is 0 Å². The van der Waals surface area contributed by atoms with E-state index in [-0.39, 0.29) is 6.04 Å². The number of anilines is 1. The number of nitrogens with zero attached hydrogens (tertiary/aromatic N) is 2. The second-order valence-corrected chi connectivity index (χ2v) is 6.16. The van der Waals surface area contributed by atoms with Crippen molar-refractivity contribution in [2.45, 2.75) is 26.8 Å². The average Bonchev–Trinajstić information content (AvgIpc) is 2.78. The summed E-state index contributed by atoms with van der Waals surface area (Å²) in [6.07, 6.45) is 1.85. The van der Waals surface area contributed by atoms with Crippen LogP contribution < -0.4 is 5.32 Å². The lowest BCUT2D eigenvalue weighted by Gasteiger charge is -2.16. The van der Waals surface area contributed by atoms with Crippen LogP contribution in [0.3, 0.4) is 0 Å². The molecule has 20 heavy (non-hydrogen) atoms. The quantitative estimate of drug-likeness (QED) is 0.770. The summed E-state index contributed by atoms with van der Waals surface area (Å²) < 4.78 is 0. The molecule has 1 aromatic carbocycles. The number of aryl methyl sites for hydroxylation is 2. The van der Waals surface area contributed by atoms with E-state index in [1.54, 1.807) is 11.3 Å². The Morgan fingerprint density at radius 1 is 1.15 bits per heavy atom. The highest BCUT2D eigenvalue weighted by atomic mass is 32.1. The number of para-hydroxylation sites is 1. The average molecular weight is 283 g/mol. The molecule has 2 aromatic heterocycles. The van der Waals surface area contributed by atoms with Crippen molar-refractivity contribution in [1.29, 1.82) is 0 Å². The van der Waals surface area contributed by atoms with Gasteiger partial charge in [-0.15, -0.1) is 11.3 Å². The smallest absolute Gasteiger partial charge is 0.0900 e. The lowest BCUT2D eigenvalue weighted by atomic mass is 10.1. The van der Waals surface area contributed by atoms with E-state index in [2.05, 4.69) is 42.1 Å². The zero-order valence-corrected chi connectivity index (χ0v) is 12.7. The molecule has 1 atom stereocenters. The molecule has 3 aromatic rings. The second-order valence-electron chi connectivity index (χ2n) is 4.92. The van der Waals surface area contributed by atoms with Crippen LogP contribution in [0.4, 0.5) is 5.69 Å². The predicted octanol–water partition coefficient (Wildman–Crippen LogP) is 4.48. The van der Waals surface area contributed by atoms with Gasteiger partial charge in [-0.1, -0.05) is 18.2 Å². The fourth-order valence-electron chi connectivity index (χ4n) is 2.47.